The van der Waals surface area contributed by atoms with Crippen LogP contribution >= 0.6 is 0 Å². The zero-order valence-electron chi connectivity index (χ0n) is 35.9. The van der Waals surface area contributed by atoms with Crippen LogP contribution < -0.4 is 37.9 Å². The van der Waals surface area contributed by atoms with Crippen LogP contribution in [0.15, 0.2) is 47.3 Å². The number of aryl methyl sites for hydroxylation is 1. The molecule has 5 amide bonds. The molecule has 3 atom stereocenters. The van der Waals surface area contributed by atoms with Crippen LogP contribution in [0.1, 0.15) is 78.6 Å². The normalized spacial score (nSPS) is 17.6. The Kier molecular flexibility index (Phi) is 13.0. The lowest BCUT2D eigenvalue weighted by molar-refractivity contribution is -0.172. The molecule has 0 saturated heterocycles. The molecule has 1 aliphatic carbocycles. The second-order valence-electron chi connectivity index (χ2n) is 16.9. The van der Waals surface area contributed by atoms with Gasteiger partial charge in [0.2, 0.25) is 29.5 Å². The molecular formula is C45H51FN8O10. The van der Waals surface area contributed by atoms with E-state index < -0.39 is 77.2 Å². The first-order valence-corrected chi connectivity index (χ1v) is 21.0. The van der Waals surface area contributed by atoms with Crippen molar-refractivity contribution < 1.29 is 47.7 Å². The molecule has 0 bridgehead atoms. The minimum absolute atomic E-state index is 0.0315. The summed E-state index contributed by atoms with van der Waals surface area (Å²) >= 11 is 0. The molecule has 338 valence electrons. The predicted molar refractivity (Wildman–Crippen MR) is 228 cm³/mol. The number of benzene rings is 2. The van der Waals surface area contributed by atoms with Crippen molar-refractivity contribution in [1.82, 2.24) is 36.1 Å². The number of cyclic esters (lactones) is 1. The lowest BCUT2D eigenvalue weighted by Crippen LogP contribution is -2.52. The second kappa shape index (κ2) is 18.3. The number of halogens is 1. The maximum atomic E-state index is 15.4. The van der Waals surface area contributed by atoms with Crippen LogP contribution in [0.5, 0.6) is 0 Å². The fourth-order valence-corrected chi connectivity index (χ4v) is 8.46. The number of ether oxygens (including phenoxy) is 2. The molecule has 2 aliphatic heterocycles. The van der Waals surface area contributed by atoms with Gasteiger partial charge in [-0.15, -0.1) is 0 Å². The number of aromatic nitrogens is 2. The summed E-state index contributed by atoms with van der Waals surface area (Å²) in [4.78, 5) is 95.5. The van der Waals surface area contributed by atoms with Crippen molar-refractivity contribution in [1.29, 1.82) is 0 Å². The molecule has 64 heavy (non-hydrogen) atoms. The molecule has 4 aromatic rings. The topological polar surface area (TPSA) is 262 Å². The number of rotatable bonds is 16. The smallest absolute Gasteiger partial charge is 0.343 e. The van der Waals surface area contributed by atoms with Crippen molar-refractivity contribution in [3.05, 3.63) is 97.6 Å². The summed E-state index contributed by atoms with van der Waals surface area (Å²) in [6, 6.07) is 10.2. The van der Waals surface area contributed by atoms with E-state index in [0.717, 1.165) is 11.1 Å². The molecule has 4 heterocycles. The molecule has 2 aromatic heterocycles. The minimum atomic E-state index is -2.03. The Hall–Kier alpha value is -6.57. The number of hydrogen-bond acceptors (Lipinski definition) is 12. The zero-order chi connectivity index (χ0) is 46.1. The first-order chi connectivity index (χ1) is 30.5. The van der Waals surface area contributed by atoms with Crippen LogP contribution in [0.25, 0.3) is 22.3 Å². The van der Waals surface area contributed by atoms with Gasteiger partial charge in [0.25, 0.3) is 5.56 Å². The Morgan fingerprint density at radius 1 is 1.03 bits per heavy atom. The van der Waals surface area contributed by atoms with Crippen LogP contribution in [-0.4, -0.2) is 89.2 Å². The Labute approximate surface area is 366 Å². The molecule has 0 saturated carbocycles. The van der Waals surface area contributed by atoms with Crippen molar-refractivity contribution in [3.63, 3.8) is 0 Å². The third-order valence-corrected chi connectivity index (χ3v) is 12.1. The number of carbonyl (C=O) groups excluding carboxylic acids is 6. The van der Waals surface area contributed by atoms with E-state index in [4.69, 9.17) is 20.2 Å². The Balaban J connectivity index is 1.01. The molecule has 0 fully saturated rings. The maximum Gasteiger partial charge on any atom is 0.343 e. The Morgan fingerprint density at radius 2 is 1.77 bits per heavy atom. The lowest BCUT2D eigenvalue weighted by atomic mass is 9.81. The number of amides is 5. The third kappa shape index (κ3) is 8.82. The van der Waals surface area contributed by atoms with Gasteiger partial charge in [-0.1, -0.05) is 37.3 Å². The summed E-state index contributed by atoms with van der Waals surface area (Å²) in [7, 11) is 0. The van der Waals surface area contributed by atoms with Crippen molar-refractivity contribution in [3.8, 4) is 11.4 Å². The summed E-state index contributed by atoms with van der Waals surface area (Å²) in [6.07, 6.45) is 0.933. The van der Waals surface area contributed by atoms with Crippen molar-refractivity contribution >= 4 is 46.4 Å². The van der Waals surface area contributed by atoms with E-state index in [2.05, 4.69) is 26.6 Å². The highest BCUT2D eigenvalue weighted by atomic mass is 19.1. The fourth-order valence-electron chi connectivity index (χ4n) is 8.46. The molecule has 0 spiro atoms. The fraction of sp³-hybridized carbons (Fsp3) is 0.422. The Morgan fingerprint density at radius 3 is 2.48 bits per heavy atom. The maximum absolute atomic E-state index is 15.4. The molecule has 0 unspecified atom stereocenters. The van der Waals surface area contributed by atoms with E-state index >= 15 is 4.39 Å². The third-order valence-electron chi connectivity index (χ3n) is 12.1. The first kappa shape index (κ1) is 45.5. The van der Waals surface area contributed by atoms with E-state index in [1.165, 1.54) is 10.6 Å². The van der Waals surface area contributed by atoms with Crippen LogP contribution in [0.2, 0.25) is 0 Å². The summed E-state index contributed by atoms with van der Waals surface area (Å²) in [6.45, 7) is 4.89. The highest BCUT2D eigenvalue weighted by Gasteiger charge is 2.46. The highest BCUT2D eigenvalue weighted by Crippen LogP contribution is 2.46. The number of esters is 1. The summed E-state index contributed by atoms with van der Waals surface area (Å²) in [5, 5.41) is 25.2. The minimum Gasteiger partial charge on any atom is -0.458 e. The number of hydrogen-bond donors (Lipinski definition) is 7. The lowest BCUT2D eigenvalue weighted by Gasteiger charge is -2.32. The predicted octanol–water partition coefficient (Wildman–Crippen LogP) is 0.666. The van der Waals surface area contributed by atoms with Gasteiger partial charge in [0.1, 0.15) is 25.2 Å². The molecule has 2 aromatic carbocycles. The number of carbonyl (C=O) groups is 6. The second-order valence-corrected chi connectivity index (χ2v) is 16.9. The first-order valence-electron chi connectivity index (χ1n) is 21.0. The highest BCUT2D eigenvalue weighted by molar-refractivity contribution is 5.95. The van der Waals surface area contributed by atoms with Crippen LogP contribution in [-0.2, 0) is 69.8 Å². The molecule has 0 radical (unpaired) electrons. The van der Waals surface area contributed by atoms with E-state index in [1.807, 2.05) is 0 Å². The van der Waals surface area contributed by atoms with Gasteiger partial charge in [0.15, 0.2) is 5.60 Å². The average Bonchev–Trinajstić information content (AvgIpc) is 3.65. The van der Waals surface area contributed by atoms with Crippen LogP contribution in [0, 0.1) is 18.2 Å². The number of pyridine rings is 2. The van der Waals surface area contributed by atoms with Gasteiger partial charge in [-0.05, 0) is 68.4 Å². The number of fused-ring (bicyclic) bond motifs is 5. The quantitative estimate of drug-likeness (QED) is 0.0410. The van der Waals surface area contributed by atoms with Crippen molar-refractivity contribution in [2.24, 2.45) is 11.1 Å². The number of nitrogens with one attached hydrogen (secondary N) is 5. The summed E-state index contributed by atoms with van der Waals surface area (Å²) in [5.74, 6) is -4.07. The van der Waals surface area contributed by atoms with Crippen LogP contribution in [0.3, 0.4) is 0 Å². The average molecular weight is 883 g/mol. The molecular weight excluding hydrogens is 832 g/mol. The van der Waals surface area contributed by atoms with Gasteiger partial charge < -0.3 is 51.5 Å². The van der Waals surface area contributed by atoms with E-state index in [9.17, 15) is 38.7 Å². The van der Waals surface area contributed by atoms with E-state index in [1.54, 1.807) is 64.1 Å². The molecule has 8 N–H and O–H groups in total. The zero-order valence-corrected chi connectivity index (χ0v) is 35.9. The van der Waals surface area contributed by atoms with Gasteiger partial charge in [-0.25, -0.2) is 14.2 Å². The monoisotopic (exact) mass is 882 g/mol. The van der Waals surface area contributed by atoms with Gasteiger partial charge >= 0.3 is 5.97 Å². The number of aliphatic hydroxyl groups is 1. The summed E-state index contributed by atoms with van der Waals surface area (Å²) in [5.41, 5.74) is 6.38. The molecule has 7 rings (SSSR count). The SMILES string of the molecule is CC[C@@]1(O)C(=O)OCc2c1cc1n(c2=O)Cc2c-1nc1cc(F)c(C)c3c1c2[C@@H](NC(=O)C(C)(C)COCNC(=O)CNC(=O)[C@H](Cc1ccccc1)NC(=O)CNC(=O)CN)CC3. The van der Waals surface area contributed by atoms with Crippen molar-refractivity contribution in [2.45, 2.75) is 84.2 Å². The van der Waals surface area contributed by atoms with Crippen molar-refractivity contribution in [2.75, 3.05) is 33.0 Å². The summed E-state index contributed by atoms with van der Waals surface area (Å²) < 4.78 is 27.8. The van der Waals surface area contributed by atoms with Gasteiger partial charge in [-0.2, -0.15) is 0 Å². The van der Waals surface area contributed by atoms with Crippen LogP contribution in [0.4, 0.5) is 4.39 Å². The molecule has 18 nitrogen and oxygen atoms in total. The Bertz CT molecular complexity index is 2630. The standard InChI is InChI=1S/C45H51FN8O10/c1-5-45(62)28-14-33-39-26(19-54(33)41(59)27(28)20-64-43(45)61)38-30(12-11-25-23(2)29(46)15-31(52-39)37(25)38)53-42(60)44(3,4)21-63-22-50-35(56)17-49-40(58)32(13-24-9-7-6-8-10-24)51-36(57)18-48-34(55)16-47/h6-10,14-15,30,32,62H,5,11-13,16-22,47H2,1-4H3,(H,48,55)(H,49,58)(H,50,56)(H,51,57)(H,53,60)/t30-,32-,45-/m0/s1. The van der Waals surface area contributed by atoms with Gasteiger partial charge in [0, 0.05) is 29.0 Å². The van der Waals surface area contributed by atoms with E-state index in [-0.39, 0.29) is 62.9 Å². The van der Waals surface area contributed by atoms with E-state index in [0.29, 0.717) is 51.8 Å². The molecule has 19 heteroatoms. The number of nitrogens with zero attached hydrogens (tertiary/aromatic N) is 2. The number of nitrogens with two attached hydrogens (primary N) is 1. The van der Waals surface area contributed by atoms with Gasteiger partial charge in [0.05, 0.1) is 66.7 Å². The largest absolute Gasteiger partial charge is 0.458 e. The molecule has 3 aliphatic rings. The van der Waals surface area contributed by atoms with Gasteiger partial charge in [-0.3, -0.25) is 28.8 Å².